The lowest BCUT2D eigenvalue weighted by atomic mass is 9.98. The molecule has 0 amide bonds. The molecule has 0 spiro atoms. The summed E-state index contributed by atoms with van der Waals surface area (Å²) in [6, 6.07) is 7.33. The van der Waals surface area contributed by atoms with Crippen molar-refractivity contribution in [3.05, 3.63) is 29.8 Å². The van der Waals surface area contributed by atoms with Gasteiger partial charge in [-0.15, -0.1) is 0 Å². The Bertz CT molecular complexity index is 436. The lowest BCUT2D eigenvalue weighted by Crippen LogP contribution is -2.31. The molecule has 3 rings (SSSR count). The Labute approximate surface area is 107 Å². The molecular formula is C14H18N2O2. The molecule has 1 unspecified atom stereocenters. The van der Waals surface area contributed by atoms with E-state index >= 15 is 0 Å². The van der Waals surface area contributed by atoms with Gasteiger partial charge in [0, 0.05) is 5.92 Å². The van der Waals surface area contributed by atoms with Crippen LogP contribution < -0.4 is 5.32 Å². The maximum absolute atomic E-state index is 9.28. The molecule has 1 saturated heterocycles. The van der Waals surface area contributed by atoms with E-state index in [0.29, 0.717) is 18.3 Å². The molecule has 2 aliphatic heterocycles. The van der Waals surface area contributed by atoms with Gasteiger partial charge < -0.3 is 15.2 Å². The molecule has 2 aliphatic rings. The molecule has 1 atom stereocenters. The fourth-order valence-electron chi connectivity index (χ4n) is 2.55. The van der Waals surface area contributed by atoms with E-state index in [1.54, 1.807) is 12.1 Å². The van der Waals surface area contributed by atoms with E-state index in [4.69, 9.17) is 9.73 Å². The van der Waals surface area contributed by atoms with Crippen molar-refractivity contribution in [1.29, 1.82) is 0 Å². The summed E-state index contributed by atoms with van der Waals surface area (Å²) in [6.07, 6.45) is 2.22. The second kappa shape index (κ2) is 4.98. The van der Waals surface area contributed by atoms with Crippen LogP contribution in [0.3, 0.4) is 0 Å². The summed E-state index contributed by atoms with van der Waals surface area (Å²) in [4.78, 5) is 4.70. The molecule has 0 bridgehead atoms. The van der Waals surface area contributed by atoms with Crippen molar-refractivity contribution < 1.29 is 9.84 Å². The fourth-order valence-corrected chi connectivity index (χ4v) is 2.55. The number of aliphatic imine (C=N–C) groups is 1. The Hall–Kier alpha value is -1.55. The zero-order chi connectivity index (χ0) is 12.4. The highest BCUT2D eigenvalue weighted by molar-refractivity contribution is 5.80. The predicted octanol–water partition coefficient (Wildman–Crippen LogP) is 1.86. The number of rotatable bonds is 2. The lowest BCUT2D eigenvalue weighted by Gasteiger charge is -2.21. The van der Waals surface area contributed by atoms with Gasteiger partial charge in [0.15, 0.2) is 5.90 Å². The van der Waals surface area contributed by atoms with Crippen LogP contribution in [-0.4, -0.2) is 30.7 Å². The maximum atomic E-state index is 9.28. The average Bonchev–Trinajstić information content (AvgIpc) is 2.90. The van der Waals surface area contributed by atoms with Crippen LogP contribution in [0.25, 0.3) is 0 Å². The van der Waals surface area contributed by atoms with Gasteiger partial charge in [0.05, 0.1) is 0 Å². The first-order valence-electron chi connectivity index (χ1n) is 6.53. The molecule has 0 aliphatic carbocycles. The molecular weight excluding hydrogens is 228 g/mol. The second-order valence-corrected chi connectivity index (χ2v) is 4.91. The van der Waals surface area contributed by atoms with Gasteiger partial charge in [-0.3, -0.25) is 0 Å². The number of hydrogen-bond acceptors (Lipinski definition) is 4. The molecule has 0 aromatic heterocycles. The van der Waals surface area contributed by atoms with E-state index < -0.39 is 0 Å². The minimum absolute atomic E-state index is 0.0930. The number of phenols is 1. The molecule has 4 nitrogen and oxygen atoms in total. The normalized spacial score (nSPS) is 24.7. The van der Waals surface area contributed by atoms with Gasteiger partial charge in [0.2, 0.25) is 0 Å². The zero-order valence-corrected chi connectivity index (χ0v) is 10.3. The summed E-state index contributed by atoms with van der Waals surface area (Å²) >= 11 is 0. The third-order valence-electron chi connectivity index (χ3n) is 3.64. The van der Waals surface area contributed by atoms with E-state index in [1.165, 1.54) is 0 Å². The monoisotopic (exact) mass is 246 g/mol. The number of piperidine rings is 1. The van der Waals surface area contributed by atoms with Crippen LogP contribution >= 0.6 is 0 Å². The number of hydrogen-bond donors (Lipinski definition) is 2. The quantitative estimate of drug-likeness (QED) is 0.837. The standard InChI is InChI=1S/C14H18N2O2/c17-12-3-1-10(2-4-12)13-9-18-14(16-13)11-5-7-15-8-6-11/h1-4,11,13,15,17H,5-9H2. The highest BCUT2D eigenvalue weighted by Gasteiger charge is 2.27. The van der Waals surface area contributed by atoms with Gasteiger partial charge in [-0.05, 0) is 43.6 Å². The van der Waals surface area contributed by atoms with Gasteiger partial charge in [-0.2, -0.15) is 0 Å². The number of nitrogens with one attached hydrogen (secondary N) is 1. The van der Waals surface area contributed by atoms with Crippen LogP contribution in [0.15, 0.2) is 29.3 Å². The van der Waals surface area contributed by atoms with Crippen molar-refractivity contribution in [2.45, 2.75) is 18.9 Å². The summed E-state index contributed by atoms with van der Waals surface area (Å²) in [5.41, 5.74) is 1.11. The second-order valence-electron chi connectivity index (χ2n) is 4.91. The SMILES string of the molecule is Oc1ccc(C2COC(C3CCNCC3)=N2)cc1. The summed E-state index contributed by atoms with van der Waals surface area (Å²) < 4.78 is 5.75. The number of ether oxygens (including phenoxy) is 1. The molecule has 1 fully saturated rings. The number of benzene rings is 1. The highest BCUT2D eigenvalue weighted by Crippen LogP contribution is 2.28. The zero-order valence-electron chi connectivity index (χ0n) is 10.3. The topological polar surface area (TPSA) is 53.9 Å². The van der Waals surface area contributed by atoms with Crippen LogP contribution in [-0.2, 0) is 4.74 Å². The molecule has 1 aromatic rings. The third kappa shape index (κ3) is 2.34. The summed E-state index contributed by atoms with van der Waals surface area (Å²) in [5.74, 6) is 1.70. The van der Waals surface area contributed by atoms with Crippen LogP contribution in [0.4, 0.5) is 0 Å². The molecule has 96 valence electrons. The Morgan fingerprint density at radius 2 is 1.89 bits per heavy atom. The van der Waals surface area contributed by atoms with E-state index in [0.717, 1.165) is 37.4 Å². The smallest absolute Gasteiger partial charge is 0.187 e. The van der Waals surface area contributed by atoms with Crippen molar-refractivity contribution in [2.24, 2.45) is 10.9 Å². The third-order valence-corrected chi connectivity index (χ3v) is 3.64. The van der Waals surface area contributed by atoms with E-state index in [-0.39, 0.29) is 6.04 Å². The van der Waals surface area contributed by atoms with Crippen molar-refractivity contribution in [2.75, 3.05) is 19.7 Å². The first kappa shape index (κ1) is 11.5. The van der Waals surface area contributed by atoms with Gasteiger partial charge in [0.1, 0.15) is 18.4 Å². The minimum Gasteiger partial charge on any atom is -0.508 e. The van der Waals surface area contributed by atoms with Crippen LogP contribution in [0.1, 0.15) is 24.4 Å². The van der Waals surface area contributed by atoms with Crippen molar-refractivity contribution in [3.8, 4) is 5.75 Å². The summed E-state index contributed by atoms with van der Waals surface area (Å²) in [5, 5.41) is 12.6. The van der Waals surface area contributed by atoms with E-state index in [2.05, 4.69) is 5.32 Å². The fraction of sp³-hybridized carbons (Fsp3) is 0.500. The Kier molecular flexibility index (Phi) is 3.19. The van der Waals surface area contributed by atoms with Gasteiger partial charge in [-0.1, -0.05) is 12.1 Å². The predicted molar refractivity (Wildman–Crippen MR) is 69.8 cm³/mol. The number of phenolic OH excluding ortho intramolecular Hbond substituents is 1. The van der Waals surface area contributed by atoms with Crippen molar-refractivity contribution in [1.82, 2.24) is 5.32 Å². The van der Waals surface area contributed by atoms with Crippen molar-refractivity contribution in [3.63, 3.8) is 0 Å². The largest absolute Gasteiger partial charge is 0.508 e. The van der Waals surface area contributed by atoms with Gasteiger partial charge >= 0.3 is 0 Å². The Balaban J connectivity index is 1.72. The van der Waals surface area contributed by atoms with Crippen molar-refractivity contribution >= 4 is 5.90 Å². The molecule has 0 saturated carbocycles. The molecule has 4 heteroatoms. The van der Waals surface area contributed by atoms with Gasteiger partial charge in [-0.25, -0.2) is 4.99 Å². The first-order chi connectivity index (χ1) is 8.83. The highest BCUT2D eigenvalue weighted by atomic mass is 16.5. The number of aromatic hydroxyl groups is 1. The molecule has 2 N–H and O–H groups in total. The molecule has 0 radical (unpaired) electrons. The Morgan fingerprint density at radius 3 is 2.61 bits per heavy atom. The molecule has 1 aromatic carbocycles. The van der Waals surface area contributed by atoms with E-state index in [9.17, 15) is 5.11 Å². The van der Waals surface area contributed by atoms with Crippen LogP contribution in [0.2, 0.25) is 0 Å². The van der Waals surface area contributed by atoms with E-state index in [1.807, 2.05) is 12.1 Å². The average molecular weight is 246 g/mol. The van der Waals surface area contributed by atoms with Crippen LogP contribution in [0, 0.1) is 5.92 Å². The lowest BCUT2D eigenvalue weighted by molar-refractivity contribution is 0.285. The number of nitrogens with zero attached hydrogens (tertiary/aromatic N) is 1. The molecule has 2 heterocycles. The minimum atomic E-state index is 0.0930. The molecule has 18 heavy (non-hydrogen) atoms. The maximum Gasteiger partial charge on any atom is 0.187 e. The summed E-state index contributed by atoms with van der Waals surface area (Å²) in [7, 11) is 0. The van der Waals surface area contributed by atoms with Gasteiger partial charge in [0.25, 0.3) is 0 Å². The summed E-state index contributed by atoms with van der Waals surface area (Å²) in [6.45, 7) is 2.73. The first-order valence-corrected chi connectivity index (χ1v) is 6.53. The van der Waals surface area contributed by atoms with Crippen LogP contribution in [0.5, 0.6) is 5.75 Å². The Morgan fingerprint density at radius 1 is 1.17 bits per heavy atom.